The number of carbonyl (C=O) groups is 1. The first-order chi connectivity index (χ1) is 14.3. The molecule has 0 bridgehead atoms. The molecule has 0 fully saturated rings. The molecule has 0 aliphatic carbocycles. The molecule has 0 aliphatic heterocycles. The van der Waals surface area contributed by atoms with Gasteiger partial charge in [-0.05, 0) is 45.0 Å². The molecule has 0 saturated heterocycles. The zero-order chi connectivity index (χ0) is 21.8. The molecule has 3 rings (SSSR count). The average molecular weight is 413 g/mol. The van der Waals surface area contributed by atoms with E-state index in [4.69, 9.17) is 18.6 Å². The van der Waals surface area contributed by atoms with E-state index >= 15 is 0 Å². The SMILES string of the molecule is CCOC(=O)COc1ccc2c(=O)c(Oc3ccc([N+](=O)[O-])cc3)c(C)oc2c1C. The van der Waals surface area contributed by atoms with Crippen LogP contribution in [0.25, 0.3) is 11.0 Å². The first-order valence-electron chi connectivity index (χ1n) is 9.09. The summed E-state index contributed by atoms with van der Waals surface area (Å²) in [7, 11) is 0. The second-order valence-corrected chi connectivity index (χ2v) is 6.33. The van der Waals surface area contributed by atoms with Gasteiger partial charge in [-0.1, -0.05) is 0 Å². The van der Waals surface area contributed by atoms with Gasteiger partial charge in [-0.25, -0.2) is 4.79 Å². The third kappa shape index (κ3) is 4.24. The van der Waals surface area contributed by atoms with Crippen LogP contribution in [-0.2, 0) is 9.53 Å². The minimum absolute atomic E-state index is 0.0176. The lowest BCUT2D eigenvalue weighted by Gasteiger charge is -2.12. The molecule has 0 radical (unpaired) electrons. The van der Waals surface area contributed by atoms with E-state index in [1.165, 1.54) is 30.3 Å². The Balaban J connectivity index is 1.93. The topological polar surface area (TPSA) is 118 Å². The van der Waals surface area contributed by atoms with Crippen molar-refractivity contribution < 1.29 is 28.3 Å². The summed E-state index contributed by atoms with van der Waals surface area (Å²) in [6.45, 7) is 4.98. The van der Waals surface area contributed by atoms with Gasteiger partial charge < -0.3 is 18.6 Å². The summed E-state index contributed by atoms with van der Waals surface area (Å²) in [6, 6.07) is 8.46. The Bertz CT molecular complexity index is 1160. The molecule has 0 atom stereocenters. The fourth-order valence-corrected chi connectivity index (χ4v) is 2.83. The Hall–Kier alpha value is -3.88. The largest absolute Gasteiger partial charge is 0.481 e. The van der Waals surface area contributed by atoms with Crippen LogP contribution in [0.2, 0.25) is 0 Å². The minimum Gasteiger partial charge on any atom is -0.481 e. The van der Waals surface area contributed by atoms with Crippen LogP contribution in [0.4, 0.5) is 5.69 Å². The Labute approximate surface area is 170 Å². The van der Waals surface area contributed by atoms with Crippen molar-refractivity contribution in [3.8, 4) is 17.2 Å². The maximum atomic E-state index is 12.9. The van der Waals surface area contributed by atoms with Crippen molar-refractivity contribution >= 4 is 22.6 Å². The lowest BCUT2D eigenvalue weighted by molar-refractivity contribution is -0.384. The molecular weight excluding hydrogens is 394 g/mol. The van der Waals surface area contributed by atoms with Crippen LogP contribution in [-0.4, -0.2) is 24.1 Å². The van der Waals surface area contributed by atoms with Gasteiger partial charge in [0, 0.05) is 17.7 Å². The standard InChI is InChI=1S/C21H19NO8/c1-4-27-18(23)11-28-17-10-9-16-19(24)21(13(3)29-20(16)12(17)2)30-15-7-5-14(6-8-15)22(25)26/h5-10H,4,11H2,1-3H3. The summed E-state index contributed by atoms with van der Waals surface area (Å²) in [5.74, 6) is 0.373. The van der Waals surface area contributed by atoms with Crippen molar-refractivity contribution in [2.75, 3.05) is 13.2 Å². The molecule has 0 amide bonds. The summed E-state index contributed by atoms with van der Waals surface area (Å²) in [4.78, 5) is 34.7. The monoisotopic (exact) mass is 413 g/mol. The summed E-state index contributed by atoms with van der Waals surface area (Å²) in [6.07, 6.45) is 0. The number of nitro groups is 1. The fraction of sp³-hybridized carbons (Fsp3) is 0.238. The van der Waals surface area contributed by atoms with E-state index in [1.807, 2.05) is 0 Å². The van der Waals surface area contributed by atoms with Crippen LogP contribution >= 0.6 is 0 Å². The number of non-ortho nitro benzene ring substituents is 1. The number of hydrogen-bond acceptors (Lipinski definition) is 8. The predicted molar refractivity (Wildman–Crippen MR) is 107 cm³/mol. The van der Waals surface area contributed by atoms with E-state index in [9.17, 15) is 19.7 Å². The van der Waals surface area contributed by atoms with Gasteiger partial charge in [0.05, 0.1) is 16.9 Å². The molecule has 3 aromatic rings. The third-order valence-electron chi connectivity index (χ3n) is 4.30. The average Bonchev–Trinajstić information content (AvgIpc) is 2.71. The minimum atomic E-state index is -0.524. The molecule has 30 heavy (non-hydrogen) atoms. The van der Waals surface area contributed by atoms with Gasteiger partial charge in [0.2, 0.25) is 11.2 Å². The van der Waals surface area contributed by atoms with E-state index in [0.717, 1.165) is 0 Å². The smallest absolute Gasteiger partial charge is 0.344 e. The summed E-state index contributed by atoms with van der Waals surface area (Å²) >= 11 is 0. The van der Waals surface area contributed by atoms with Gasteiger partial charge in [0.1, 0.15) is 22.8 Å². The number of carbonyl (C=O) groups excluding carboxylic acids is 1. The lowest BCUT2D eigenvalue weighted by atomic mass is 10.1. The number of nitrogens with zero attached hydrogens (tertiary/aromatic N) is 1. The molecule has 9 heteroatoms. The molecule has 0 unspecified atom stereocenters. The molecule has 9 nitrogen and oxygen atoms in total. The van der Waals surface area contributed by atoms with Gasteiger partial charge in [-0.15, -0.1) is 0 Å². The Kier molecular flexibility index (Phi) is 6.01. The molecule has 1 heterocycles. The molecule has 156 valence electrons. The zero-order valence-electron chi connectivity index (χ0n) is 16.6. The number of benzene rings is 2. The van der Waals surface area contributed by atoms with Crippen molar-refractivity contribution in [1.82, 2.24) is 0 Å². The molecular formula is C21H19NO8. The van der Waals surface area contributed by atoms with E-state index in [0.29, 0.717) is 16.9 Å². The van der Waals surface area contributed by atoms with E-state index in [1.54, 1.807) is 26.8 Å². The van der Waals surface area contributed by atoms with Crippen LogP contribution in [0.5, 0.6) is 17.2 Å². The number of nitro benzene ring substituents is 1. The molecule has 0 spiro atoms. The highest BCUT2D eigenvalue weighted by molar-refractivity contribution is 5.83. The maximum Gasteiger partial charge on any atom is 0.344 e. The van der Waals surface area contributed by atoms with Crippen LogP contribution in [0, 0.1) is 24.0 Å². The lowest BCUT2D eigenvalue weighted by Crippen LogP contribution is -2.15. The van der Waals surface area contributed by atoms with Gasteiger partial charge in [-0.3, -0.25) is 14.9 Å². The second-order valence-electron chi connectivity index (χ2n) is 6.33. The number of esters is 1. The molecule has 2 aromatic carbocycles. The van der Waals surface area contributed by atoms with E-state index < -0.39 is 16.3 Å². The van der Waals surface area contributed by atoms with Crippen molar-refractivity contribution in [2.24, 2.45) is 0 Å². The highest BCUT2D eigenvalue weighted by Gasteiger charge is 2.18. The number of fused-ring (bicyclic) bond motifs is 1. The van der Waals surface area contributed by atoms with Crippen molar-refractivity contribution in [2.45, 2.75) is 20.8 Å². The first-order valence-corrected chi connectivity index (χ1v) is 9.09. The van der Waals surface area contributed by atoms with Crippen LogP contribution < -0.4 is 14.9 Å². The van der Waals surface area contributed by atoms with E-state index in [2.05, 4.69) is 0 Å². The van der Waals surface area contributed by atoms with E-state index in [-0.39, 0.29) is 41.5 Å². The predicted octanol–water partition coefficient (Wildman–Crippen LogP) is 4.05. The molecule has 1 aromatic heterocycles. The number of hydrogen-bond donors (Lipinski definition) is 0. The van der Waals surface area contributed by atoms with Crippen molar-refractivity contribution in [3.63, 3.8) is 0 Å². The Morgan fingerprint density at radius 2 is 1.83 bits per heavy atom. The quantitative estimate of drug-likeness (QED) is 0.323. The zero-order valence-corrected chi connectivity index (χ0v) is 16.6. The Morgan fingerprint density at radius 1 is 1.13 bits per heavy atom. The fourth-order valence-electron chi connectivity index (χ4n) is 2.83. The van der Waals surface area contributed by atoms with Gasteiger partial charge in [0.25, 0.3) is 5.69 Å². The maximum absolute atomic E-state index is 12.9. The second kappa shape index (κ2) is 8.64. The number of rotatable bonds is 7. The van der Waals surface area contributed by atoms with Crippen molar-refractivity contribution in [1.29, 1.82) is 0 Å². The van der Waals surface area contributed by atoms with Gasteiger partial charge in [-0.2, -0.15) is 0 Å². The highest BCUT2D eigenvalue weighted by atomic mass is 16.6. The van der Waals surface area contributed by atoms with Crippen molar-refractivity contribution in [3.05, 3.63) is 68.1 Å². The van der Waals surface area contributed by atoms with Crippen LogP contribution in [0.15, 0.2) is 45.6 Å². The van der Waals surface area contributed by atoms with Crippen LogP contribution in [0.3, 0.4) is 0 Å². The van der Waals surface area contributed by atoms with Crippen LogP contribution in [0.1, 0.15) is 18.2 Å². The number of ether oxygens (including phenoxy) is 3. The normalized spacial score (nSPS) is 10.6. The Morgan fingerprint density at radius 3 is 2.47 bits per heavy atom. The third-order valence-corrected chi connectivity index (χ3v) is 4.30. The molecule has 0 saturated carbocycles. The molecule has 0 N–H and O–H groups in total. The first kappa shape index (κ1) is 20.8. The molecule has 0 aliphatic rings. The highest BCUT2D eigenvalue weighted by Crippen LogP contribution is 2.31. The summed E-state index contributed by atoms with van der Waals surface area (Å²) in [5, 5.41) is 11.0. The van der Waals surface area contributed by atoms with Gasteiger partial charge in [0.15, 0.2) is 6.61 Å². The van der Waals surface area contributed by atoms with Gasteiger partial charge >= 0.3 is 5.97 Å². The number of aryl methyl sites for hydroxylation is 2. The summed E-state index contributed by atoms with van der Waals surface area (Å²) < 4.78 is 21.7. The summed E-state index contributed by atoms with van der Waals surface area (Å²) in [5.41, 5.74) is 0.386.